The molecule has 146 valence electrons. The fraction of sp³-hybridized carbons (Fsp3) is 0.0476. The third-order valence-corrected chi connectivity index (χ3v) is 5.26. The predicted octanol–water partition coefficient (Wildman–Crippen LogP) is 6.28. The van der Waals surface area contributed by atoms with E-state index in [9.17, 15) is 9.18 Å². The Morgan fingerprint density at radius 1 is 1.07 bits per heavy atom. The van der Waals surface area contributed by atoms with E-state index in [2.05, 4.69) is 10.3 Å². The minimum atomic E-state index is -0.624. The van der Waals surface area contributed by atoms with E-state index in [1.54, 1.807) is 54.6 Å². The number of hydrogen-bond donors (Lipinski definition) is 1. The van der Waals surface area contributed by atoms with E-state index in [-0.39, 0.29) is 6.61 Å². The summed E-state index contributed by atoms with van der Waals surface area (Å²) in [5, 5.41) is 3.32. The number of fused-ring (bicyclic) bond motifs is 1. The molecule has 0 radical (unpaired) electrons. The highest BCUT2D eigenvalue weighted by Crippen LogP contribution is 2.30. The molecule has 0 aliphatic heterocycles. The Morgan fingerprint density at radius 2 is 1.90 bits per heavy atom. The third-order valence-electron chi connectivity index (χ3n) is 3.97. The van der Waals surface area contributed by atoms with Gasteiger partial charge in [0.05, 0.1) is 15.2 Å². The Balaban J connectivity index is 1.44. The molecular weight excluding hydrogens is 415 g/mol. The molecule has 8 heteroatoms. The highest BCUT2D eigenvalue weighted by atomic mass is 35.5. The maximum atomic E-state index is 13.9. The van der Waals surface area contributed by atoms with Crippen LogP contribution in [0.2, 0.25) is 5.02 Å². The van der Waals surface area contributed by atoms with Crippen LogP contribution >= 0.6 is 22.9 Å². The number of amides is 1. The number of thiazole rings is 1. The standard InChI is InChI=1S/C21H14ClFN2O3S/c22-16-7-4-8-17(23)15(16)12-27-14-9-10-18-19(11-14)29-20(24-18)25-21(26)28-13-5-2-1-3-6-13/h1-11H,12H2,(H,24,25,26). The molecule has 0 saturated carbocycles. The normalized spacial score (nSPS) is 10.7. The summed E-state index contributed by atoms with van der Waals surface area (Å²) in [5.41, 5.74) is 0.992. The van der Waals surface area contributed by atoms with Crippen molar-refractivity contribution in [2.24, 2.45) is 0 Å². The summed E-state index contributed by atoms with van der Waals surface area (Å²) in [6, 6.07) is 18.5. The van der Waals surface area contributed by atoms with Crippen molar-refractivity contribution in [3.63, 3.8) is 0 Å². The first-order valence-corrected chi connectivity index (χ1v) is 9.78. The lowest BCUT2D eigenvalue weighted by Gasteiger charge is -2.08. The lowest BCUT2D eigenvalue weighted by atomic mass is 10.2. The van der Waals surface area contributed by atoms with Crippen LogP contribution in [0, 0.1) is 5.82 Å². The van der Waals surface area contributed by atoms with Gasteiger partial charge in [-0.3, -0.25) is 5.32 Å². The van der Waals surface area contributed by atoms with Crippen molar-refractivity contribution in [1.82, 2.24) is 4.98 Å². The molecule has 4 aromatic rings. The van der Waals surface area contributed by atoms with Gasteiger partial charge in [-0.1, -0.05) is 47.2 Å². The van der Waals surface area contributed by atoms with Gasteiger partial charge in [0.25, 0.3) is 0 Å². The summed E-state index contributed by atoms with van der Waals surface area (Å²) < 4.78 is 25.5. The summed E-state index contributed by atoms with van der Waals surface area (Å²) >= 11 is 7.30. The number of nitrogens with zero attached hydrogens (tertiary/aromatic N) is 1. The topological polar surface area (TPSA) is 60.5 Å². The second kappa shape index (κ2) is 8.46. The molecule has 5 nitrogen and oxygen atoms in total. The fourth-order valence-corrected chi connectivity index (χ4v) is 3.68. The van der Waals surface area contributed by atoms with E-state index in [4.69, 9.17) is 21.1 Å². The monoisotopic (exact) mass is 428 g/mol. The number of hydrogen-bond acceptors (Lipinski definition) is 5. The van der Waals surface area contributed by atoms with Gasteiger partial charge in [-0.25, -0.2) is 14.2 Å². The SMILES string of the molecule is O=C(Nc1nc2ccc(OCc3c(F)cccc3Cl)cc2s1)Oc1ccccc1. The van der Waals surface area contributed by atoms with Gasteiger partial charge >= 0.3 is 6.09 Å². The Labute approximate surface area is 174 Å². The van der Waals surface area contributed by atoms with Crippen molar-refractivity contribution < 1.29 is 18.7 Å². The van der Waals surface area contributed by atoms with Gasteiger partial charge in [0.15, 0.2) is 5.13 Å². The van der Waals surface area contributed by atoms with Crippen molar-refractivity contribution in [1.29, 1.82) is 0 Å². The fourth-order valence-electron chi connectivity index (χ4n) is 2.58. The Morgan fingerprint density at radius 3 is 2.69 bits per heavy atom. The van der Waals surface area contributed by atoms with Crippen molar-refractivity contribution in [2.45, 2.75) is 6.61 Å². The molecule has 0 fully saturated rings. The first-order valence-electron chi connectivity index (χ1n) is 8.58. The smallest absolute Gasteiger partial charge is 0.418 e. The summed E-state index contributed by atoms with van der Waals surface area (Å²) in [6.45, 7) is 0.00429. The number of aromatic nitrogens is 1. The largest absolute Gasteiger partial charge is 0.489 e. The van der Waals surface area contributed by atoms with Gasteiger partial charge in [0.2, 0.25) is 0 Å². The zero-order valence-corrected chi connectivity index (χ0v) is 16.5. The molecule has 0 aliphatic rings. The molecule has 0 bridgehead atoms. The first-order chi connectivity index (χ1) is 14.1. The number of anilines is 1. The van der Waals surface area contributed by atoms with Crippen LogP contribution in [0.15, 0.2) is 66.7 Å². The van der Waals surface area contributed by atoms with Gasteiger partial charge in [0.1, 0.15) is 23.9 Å². The lowest BCUT2D eigenvalue weighted by molar-refractivity contribution is 0.215. The second-order valence-electron chi connectivity index (χ2n) is 5.97. The van der Waals surface area contributed by atoms with E-state index in [0.29, 0.717) is 32.7 Å². The highest BCUT2D eigenvalue weighted by Gasteiger charge is 2.12. The van der Waals surface area contributed by atoms with E-state index in [1.807, 2.05) is 6.07 Å². The van der Waals surface area contributed by atoms with E-state index in [1.165, 1.54) is 17.4 Å². The third kappa shape index (κ3) is 4.64. The first kappa shape index (κ1) is 19.2. The molecular formula is C21H14ClFN2O3S. The molecule has 0 saturated heterocycles. The molecule has 0 spiro atoms. The minimum Gasteiger partial charge on any atom is -0.489 e. The summed E-state index contributed by atoms with van der Waals surface area (Å²) in [4.78, 5) is 16.4. The molecule has 3 aromatic carbocycles. The maximum absolute atomic E-state index is 13.9. The number of nitrogens with one attached hydrogen (secondary N) is 1. The average Bonchev–Trinajstić information content (AvgIpc) is 3.09. The van der Waals surface area contributed by atoms with Crippen LogP contribution < -0.4 is 14.8 Å². The molecule has 4 rings (SSSR count). The molecule has 0 unspecified atom stereocenters. The molecule has 1 amide bonds. The van der Waals surface area contributed by atoms with Crippen LogP contribution in [0.25, 0.3) is 10.2 Å². The maximum Gasteiger partial charge on any atom is 0.418 e. The average molecular weight is 429 g/mol. The molecule has 0 atom stereocenters. The Bertz CT molecular complexity index is 1150. The van der Waals surface area contributed by atoms with Crippen molar-refractivity contribution in [2.75, 3.05) is 5.32 Å². The van der Waals surface area contributed by atoms with Gasteiger partial charge < -0.3 is 9.47 Å². The summed E-state index contributed by atoms with van der Waals surface area (Å²) in [7, 11) is 0. The van der Waals surface area contributed by atoms with Crippen LogP contribution in [-0.4, -0.2) is 11.1 Å². The van der Waals surface area contributed by atoms with Crippen molar-refractivity contribution >= 4 is 44.4 Å². The van der Waals surface area contributed by atoms with Crippen LogP contribution in [-0.2, 0) is 6.61 Å². The number of halogens is 2. The number of carbonyl (C=O) groups excluding carboxylic acids is 1. The molecule has 29 heavy (non-hydrogen) atoms. The van der Waals surface area contributed by atoms with E-state index < -0.39 is 11.9 Å². The van der Waals surface area contributed by atoms with Crippen LogP contribution in [0.3, 0.4) is 0 Å². The van der Waals surface area contributed by atoms with Crippen LogP contribution in [0.1, 0.15) is 5.56 Å². The number of para-hydroxylation sites is 1. The molecule has 0 aliphatic carbocycles. The second-order valence-corrected chi connectivity index (χ2v) is 7.40. The Kier molecular flexibility index (Phi) is 5.59. The quantitative estimate of drug-likeness (QED) is 0.406. The van der Waals surface area contributed by atoms with Crippen LogP contribution in [0.4, 0.5) is 14.3 Å². The molecule has 1 N–H and O–H groups in total. The van der Waals surface area contributed by atoms with Gasteiger partial charge in [-0.2, -0.15) is 0 Å². The van der Waals surface area contributed by atoms with Gasteiger partial charge in [0, 0.05) is 5.56 Å². The van der Waals surface area contributed by atoms with Gasteiger partial charge in [-0.15, -0.1) is 0 Å². The van der Waals surface area contributed by atoms with E-state index >= 15 is 0 Å². The van der Waals surface area contributed by atoms with E-state index in [0.717, 1.165) is 4.70 Å². The molecule has 1 heterocycles. The zero-order valence-electron chi connectivity index (χ0n) is 14.9. The summed E-state index contributed by atoms with van der Waals surface area (Å²) in [6.07, 6.45) is -0.624. The highest BCUT2D eigenvalue weighted by molar-refractivity contribution is 7.22. The molecule has 1 aromatic heterocycles. The summed E-state index contributed by atoms with van der Waals surface area (Å²) in [5.74, 6) is 0.562. The Hall–Kier alpha value is -3.16. The predicted molar refractivity (Wildman–Crippen MR) is 111 cm³/mol. The lowest BCUT2D eigenvalue weighted by Crippen LogP contribution is -2.16. The van der Waals surface area contributed by atoms with Crippen molar-refractivity contribution in [3.05, 3.63) is 83.1 Å². The van der Waals surface area contributed by atoms with Crippen LogP contribution in [0.5, 0.6) is 11.5 Å². The number of benzene rings is 3. The number of rotatable bonds is 5. The minimum absolute atomic E-state index is 0.00429. The van der Waals surface area contributed by atoms with Crippen molar-refractivity contribution in [3.8, 4) is 11.5 Å². The zero-order chi connectivity index (χ0) is 20.2. The number of carbonyl (C=O) groups is 1. The number of ether oxygens (including phenoxy) is 2. The van der Waals surface area contributed by atoms with Gasteiger partial charge in [-0.05, 0) is 42.5 Å².